The summed E-state index contributed by atoms with van der Waals surface area (Å²) in [5.41, 5.74) is 2.19. The number of aliphatic hydroxyl groups is 1. The predicted octanol–water partition coefficient (Wildman–Crippen LogP) is 2.65. The number of nitrogens with zero attached hydrogens (tertiary/aromatic N) is 1. The summed E-state index contributed by atoms with van der Waals surface area (Å²) in [7, 11) is 3.88. The Labute approximate surface area is 130 Å². The van der Waals surface area contributed by atoms with Crippen LogP contribution in [-0.4, -0.2) is 35.2 Å². The molecule has 0 heterocycles. The molecular formula is C18H21NO3. The van der Waals surface area contributed by atoms with E-state index in [1.54, 1.807) is 30.3 Å². The Morgan fingerprint density at radius 2 is 1.64 bits per heavy atom. The number of hydrogen-bond acceptors (Lipinski definition) is 3. The summed E-state index contributed by atoms with van der Waals surface area (Å²) in [4.78, 5) is 13.7. The van der Waals surface area contributed by atoms with Gasteiger partial charge >= 0.3 is 5.97 Å². The summed E-state index contributed by atoms with van der Waals surface area (Å²) < 4.78 is 0. The van der Waals surface area contributed by atoms with Crippen LogP contribution >= 0.6 is 0 Å². The summed E-state index contributed by atoms with van der Waals surface area (Å²) in [5.74, 6) is -2.01. The van der Waals surface area contributed by atoms with Crippen LogP contribution in [-0.2, 0) is 11.3 Å². The second-order valence-electron chi connectivity index (χ2n) is 5.61. The van der Waals surface area contributed by atoms with Crippen molar-refractivity contribution in [2.24, 2.45) is 0 Å². The van der Waals surface area contributed by atoms with Crippen molar-refractivity contribution in [3.63, 3.8) is 0 Å². The fraction of sp³-hybridized carbons (Fsp3) is 0.278. The molecule has 0 aliphatic heterocycles. The van der Waals surface area contributed by atoms with Crippen molar-refractivity contribution in [1.82, 2.24) is 4.90 Å². The van der Waals surface area contributed by atoms with Crippen molar-refractivity contribution in [2.45, 2.75) is 18.6 Å². The average Bonchev–Trinajstić information content (AvgIpc) is 2.48. The van der Waals surface area contributed by atoms with Crippen LogP contribution in [0.25, 0.3) is 0 Å². The first kappa shape index (κ1) is 16.2. The molecule has 4 heteroatoms. The molecule has 2 N–H and O–H groups in total. The highest BCUT2D eigenvalue weighted by molar-refractivity contribution is 5.77. The fourth-order valence-corrected chi connectivity index (χ4v) is 2.61. The highest BCUT2D eigenvalue weighted by atomic mass is 16.4. The quantitative estimate of drug-likeness (QED) is 0.861. The highest BCUT2D eigenvalue weighted by Gasteiger charge is 2.30. The van der Waals surface area contributed by atoms with Crippen LogP contribution in [0.5, 0.6) is 0 Å². The molecule has 4 nitrogen and oxygen atoms in total. The maximum absolute atomic E-state index is 11.7. The molecule has 22 heavy (non-hydrogen) atoms. The van der Waals surface area contributed by atoms with Gasteiger partial charge in [-0.3, -0.25) is 4.79 Å². The van der Waals surface area contributed by atoms with Gasteiger partial charge in [0.2, 0.25) is 0 Å². The van der Waals surface area contributed by atoms with E-state index >= 15 is 0 Å². The third-order valence-electron chi connectivity index (χ3n) is 3.60. The number of carbonyl (C=O) groups is 1. The molecule has 0 aliphatic rings. The van der Waals surface area contributed by atoms with E-state index in [4.69, 9.17) is 0 Å². The van der Waals surface area contributed by atoms with E-state index in [2.05, 4.69) is 0 Å². The first-order valence-corrected chi connectivity index (χ1v) is 7.19. The van der Waals surface area contributed by atoms with Crippen molar-refractivity contribution < 1.29 is 15.0 Å². The normalized spacial score (nSPS) is 13.8. The Morgan fingerprint density at radius 3 is 2.23 bits per heavy atom. The van der Waals surface area contributed by atoms with Gasteiger partial charge in [-0.05, 0) is 30.8 Å². The van der Waals surface area contributed by atoms with Gasteiger partial charge in [-0.15, -0.1) is 0 Å². The van der Waals surface area contributed by atoms with Crippen molar-refractivity contribution in [2.75, 3.05) is 14.1 Å². The van der Waals surface area contributed by atoms with E-state index in [9.17, 15) is 15.0 Å². The first-order valence-electron chi connectivity index (χ1n) is 7.19. The molecule has 0 fully saturated rings. The molecule has 2 rings (SSSR count). The third-order valence-corrected chi connectivity index (χ3v) is 3.60. The lowest BCUT2D eigenvalue weighted by molar-refractivity contribution is -0.141. The zero-order chi connectivity index (χ0) is 16.1. The maximum atomic E-state index is 11.7. The van der Waals surface area contributed by atoms with Crippen LogP contribution in [0.3, 0.4) is 0 Å². The Balaban J connectivity index is 2.40. The molecule has 0 amide bonds. The Morgan fingerprint density at radius 1 is 1.05 bits per heavy atom. The molecule has 2 aromatic carbocycles. The van der Waals surface area contributed by atoms with E-state index in [1.165, 1.54) is 0 Å². The third kappa shape index (κ3) is 3.72. The summed E-state index contributed by atoms with van der Waals surface area (Å²) in [6.07, 6.45) is -1.09. The van der Waals surface area contributed by atoms with Crippen molar-refractivity contribution in [3.8, 4) is 0 Å². The summed E-state index contributed by atoms with van der Waals surface area (Å²) in [6, 6.07) is 16.3. The Kier molecular flexibility index (Phi) is 5.31. The monoisotopic (exact) mass is 299 g/mol. The molecule has 0 bridgehead atoms. The van der Waals surface area contributed by atoms with E-state index in [-0.39, 0.29) is 0 Å². The number of benzene rings is 2. The van der Waals surface area contributed by atoms with Gasteiger partial charge < -0.3 is 15.1 Å². The van der Waals surface area contributed by atoms with Crippen molar-refractivity contribution >= 4 is 5.97 Å². The lowest BCUT2D eigenvalue weighted by Gasteiger charge is -2.23. The lowest BCUT2D eigenvalue weighted by atomic mass is 9.87. The average molecular weight is 299 g/mol. The number of carboxylic acids is 1. The van der Waals surface area contributed by atoms with E-state index in [0.29, 0.717) is 17.7 Å². The minimum absolute atomic E-state index is 0.599. The largest absolute Gasteiger partial charge is 0.481 e. The number of carboxylic acid groups (broad SMARTS) is 1. The molecule has 2 atom stereocenters. The number of hydrogen-bond donors (Lipinski definition) is 2. The second kappa shape index (κ2) is 7.20. The molecule has 0 radical (unpaired) electrons. The van der Waals surface area contributed by atoms with Gasteiger partial charge in [-0.1, -0.05) is 54.6 Å². The van der Waals surface area contributed by atoms with Crippen molar-refractivity contribution in [1.29, 1.82) is 0 Å². The molecular weight excluding hydrogens is 278 g/mol. The Hall–Kier alpha value is -2.17. The lowest BCUT2D eigenvalue weighted by Crippen LogP contribution is -2.22. The maximum Gasteiger partial charge on any atom is 0.314 e. The summed E-state index contributed by atoms with van der Waals surface area (Å²) in [5, 5.41) is 20.3. The first-order chi connectivity index (χ1) is 10.5. The highest BCUT2D eigenvalue weighted by Crippen LogP contribution is 2.33. The van der Waals surface area contributed by atoms with Crippen LogP contribution in [0.4, 0.5) is 0 Å². The van der Waals surface area contributed by atoms with Crippen LogP contribution in [0.2, 0.25) is 0 Å². The molecule has 0 saturated heterocycles. The summed E-state index contributed by atoms with van der Waals surface area (Å²) >= 11 is 0. The second-order valence-corrected chi connectivity index (χ2v) is 5.61. The topological polar surface area (TPSA) is 60.8 Å². The van der Waals surface area contributed by atoms with Crippen LogP contribution in [0.1, 0.15) is 28.7 Å². The summed E-state index contributed by atoms with van der Waals surface area (Å²) in [6.45, 7) is 0.647. The van der Waals surface area contributed by atoms with Gasteiger partial charge in [-0.25, -0.2) is 0 Å². The minimum atomic E-state index is -1.09. The number of rotatable bonds is 6. The smallest absolute Gasteiger partial charge is 0.314 e. The van der Waals surface area contributed by atoms with Gasteiger partial charge in [-0.2, -0.15) is 0 Å². The fourth-order valence-electron chi connectivity index (χ4n) is 2.61. The van der Waals surface area contributed by atoms with Crippen LogP contribution < -0.4 is 0 Å². The van der Waals surface area contributed by atoms with Crippen LogP contribution in [0.15, 0.2) is 54.6 Å². The van der Waals surface area contributed by atoms with Gasteiger partial charge in [0.25, 0.3) is 0 Å². The minimum Gasteiger partial charge on any atom is -0.481 e. The zero-order valence-electron chi connectivity index (χ0n) is 12.8. The predicted molar refractivity (Wildman–Crippen MR) is 85.6 cm³/mol. The molecule has 116 valence electrons. The van der Waals surface area contributed by atoms with Crippen molar-refractivity contribution in [3.05, 3.63) is 71.3 Å². The molecule has 0 aromatic heterocycles. The number of aliphatic carboxylic acids is 1. The molecule has 0 saturated carbocycles. The molecule has 2 aromatic rings. The number of aliphatic hydroxyl groups excluding tert-OH is 1. The van der Waals surface area contributed by atoms with Gasteiger partial charge in [0.1, 0.15) is 5.92 Å². The zero-order valence-corrected chi connectivity index (χ0v) is 12.8. The van der Waals surface area contributed by atoms with E-state index in [0.717, 1.165) is 5.56 Å². The van der Waals surface area contributed by atoms with Crippen LogP contribution in [0, 0.1) is 0 Å². The van der Waals surface area contributed by atoms with Gasteiger partial charge in [0, 0.05) is 6.54 Å². The SMILES string of the molecule is CN(C)Cc1ccccc1C(O)C(C(=O)O)c1ccccc1. The molecule has 2 unspecified atom stereocenters. The van der Waals surface area contributed by atoms with Gasteiger partial charge in [0.15, 0.2) is 0 Å². The Bertz CT molecular complexity index is 625. The van der Waals surface area contributed by atoms with E-state index in [1.807, 2.05) is 43.3 Å². The standard InChI is InChI=1S/C18H21NO3/c1-19(2)12-14-10-6-7-11-15(14)17(20)16(18(21)22)13-8-4-3-5-9-13/h3-11,16-17,20H,12H2,1-2H3,(H,21,22). The van der Waals surface area contributed by atoms with Gasteiger partial charge in [0.05, 0.1) is 6.10 Å². The van der Waals surface area contributed by atoms with E-state index < -0.39 is 18.0 Å². The molecule has 0 spiro atoms. The molecule has 0 aliphatic carbocycles.